The molecule has 1 aromatic rings. The lowest BCUT2D eigenvalue weighted by atomic mass is 10.1. The Balaban J connectivity index is 3.38. The first-order chi connectivity index (χ1) is 9.29. The minimum absolute atomic E-state index is 0.0436. The lowest BCUT2D eigenvalue weighted by Gasteiger charge is -2.28. The van der Waals surface area contributed by atoms with Crippen LogP contribution < -0.4 is 4.90 Å². The number of hydrogen-bond donors (Lipinski definition) is 1. The molecule has 0 aliphatic rings. The van der Waals surface area contributed by atoms with E-state index >= 15 is 0 Å². The number of nitrogens with zero attached hydrogens (tertiary/aromatic N) is 2. The zero-order valence-electron chi connectivity index (χ0n) is 11.3. The summed E-state index contributed by atoms with van der Waals surface area (Å²) in [7, 11) is 1.72. The van der Waals surface area contributed by atoms with Crippen LogP contribution in [-0.2, 0) is 0 Å². The fourth-order valence-corrected chi connectivity index (χ4v) is 2.84. The molecular weight excluding hydrogens is 304 g/mol. The van der Waals surface area contributed by atoms with Gasteiger partial charge < -0.3 is 10.0 Å². The number of thioether (sulfide) groups is 1. The molecule has 0 saturated heterocycles. The molecule has 8 heteroatoms. The molecule has 0 aliphatic heterocycles. The number of anilines is 1. The Kier molecular flexibility index (Phi) is 5.64. The van der Waals surface area contributed by atoms with Gasteiger partial charge in [0.25, 0.3) is 5.69 Å². The predicted molar refractivity (Wildman–Crippen MR) is 81.3 cm³/mol. The number of halogens is 1. The highest BCUT2D eigenvalue weighted by Crippen LogP contribution is 2.35. The molecule has 1 unspecified atom stereocenters. The van der Waals surface area contributed by atoms with E-state index in [9.17, 15) is 20.0 Å². The number of nitro benzene ring substituents is 1. The second-order valence-electron chi connectivity index (χ2n) is 4.30. The third kappa shape index (κ3) is 3.55. The zero-order valence-corrected chi connectivity index (χ0v) is 12.9. The van der Waals surface area contributed by atoms with E-state index in [1.165, 1.54) is 6.07 Å². The lowest BCUT2D eigenvalue weighted by molar-refractivity contribution is -0.384. The lowest BCUT2D eigenvalue weighted by Crippen LogP contribution is -2.32. The third-order valence-corrected chi connectivity index (χ3v) is 4.01. The largest absolute Gasteiger partial charge is 0.478 e. The van der Waals surface area contributed by atoms with Gasteiger partial charge in [0.05, 0.1) is 21.2 Å². The van der Waals surface area contributed by atoms with Crippen molar-refractivity contribution in [1.29, 1.82) is 0 Å². The van der Waals surface area contributed by atoms with Crippen molar-refractivity contribution in [3.8, 4) is 0 Å². The molecule has 1 aromatic carbocycles. The SMILES string of the molecule is CSCC(C)N(C)c1c(Cl)cc([N+](=O)[O-])cc1C(=O)O. The van der Waals surface area contributed by atoms with Crippen LogP contribution in [0.1, 0.15) is 17.3 Å². The molecule has 1 rings (SSSR count). The van der Waals surface area contributed by atoms with Crippen molar-refractivity contribution < 1.29 is 14.8 Å². The van der Waals surface area contributed by atoms with E-state index in [1.54, 1.807) is 23.7 Å². The van der Waals surface area contributed by atoms with Crippen LogP contribution in [-0.4, -0.2) is 41.1 Å². The van der Waals surface area contributed by atoms with E-state index in [-0.39, 0.29) is 22.3 Å². The highest BCUT2D eigenvalue weighted by molar-refractivity contribution is 7.98. The number of carboxylic acid groups (broad SMARTS) is 1. The van der Waals surface area contributed by atoms with E-state index in [1.807, 2.05) is 13.2 Å². The molecule has 0 radical (unpaired) electrons. The van der Waals surface area contributed by atoms with Gasteiger partial charge in [0.2, 0.25) is 0 Å². The molecule has 0 bridgehead atoms. The monoisotopic (exact) mass is 318 g/mol. The zero-order chi connectivity index (χ0) is 15.4. The molecule has 0 amide bonds. The molecule has 0 aliphatic carbocycles. The summed E-state index contributed by atoms with van der Waals surface area (Å²) >= 11 is 7.67. The van der Waals surface area contributed by atoms with E-state index < -0.39 is 10.9 Å². The van der Waals surface area contributed by atoms with E-state index in [0.29, 0.717) is 5.69 Å². The highest BCUT2D eigenvalue weighted by atomic mass is 35.5. The average molecular weight is 319 g/mol. The molecule has 0 fully saturated rings. The first kappa shape index (κ1) is 16.6. The second-order valence-corrected chi connectivity index (χ2v) is 5.62. The summed E-state index contributed by atoms with van der Waals surface area (Å²) in [6.45, 7) is 1.93. The minimum Gasteiger partial charge on any atom is -0.478 e. The van der Waals surface area contributed by atoms with E-state index in [2.05, 4.69) is 0 Å². The number of rotatable bonds is 6. The van der Waals surface area contributed by atoms with E-state index in [4.69, 9.17) is 11.6 Å². The second kappa shape index (κ2) is 6.81. The Morgan fingerprint density at radius 3 is 2.65 bits per heavy atom. The number of non-ortho nitro benzene ring substituents is 1. The van der Waals surface area contributed by atoms with Gasteiger partial charge in [-0.2, -0.15) is 11.8 Å². The average Bonchev–Trinajstić information content (AvgIpc) is 2.36. The first-order valence-corrected chi connectivity index (χ1v) is 7.49. The summed E-state index contributed by atoms with van der Waals surface area (Å²) in [5.74, 6) is -0.461. The summed E-state index contributed by atoms with van der Waals surface area (Å²) < 4.78 is 0. The van der Waals surface area contributed by atoms with Gasteiger partial charge in [-0.25, -0.2) is 4.79 Å². The maximum Gasteiger partial charge on any atom is 0.338 e. The van der Waals surface area contributed by atoms with Crippen LogP contribution in [0.15, 0.2) is 12.1 Å². The molecule has 0 spiro atoms. The van der Waals surface area contributed by atoms with Gasteiger partial charge in [0.1, 0.15) is 0 Å². The Morgan fingerprint density at radius 2 is 2.20 bits per heavy atom. The van der Waals surface area contributed by atoms with Crippen LogP contribution in [0.4, 0.5) is 11.4 Å². The Bertz CT molecular complexity index is 538. The van der Waals surface area contributed by atoms with Crippen LogP contribution in [0.2, 0.25) is 5.02 Å². The van der Waals surface area contributed by atoms with Gasteiger partial charge in [-0.15, -0.1) is 0 Å². The van der Waals surface area contributed by atoms with E-state index in [0.717, 1.165) is 11.8 Å². The van der Waals surface area contributed by atoms with Crippen molar-refractivity contribution in [2.24, 2.45) is 0 Å². The van der Waals surface area contributed by atoms with Gasteiger partial charge in [-0.3, -0.25) is 10.1 Å². The molecule has 20 heavy (non-hydrogen) atoms. The van der Waals surface area contributed by atoms with Gasteiger partial charge in [-0.05, 0) is 13.2 Å². The fourth-order valence-electron chi connectivity index (χ4n) is 1.79. The standard InChI is InChI=1S/C12H15ClN2O4S/c1-7(6-20-3)14(2)11-9(12(16)17)4-8(15(18)19)5-10(11)13/h4-5,7H,6H2,1-3H3,(H,16,17). The van der Waals surface area contributed by atoms with Gasteiger partial charge in [-0.1, -0.05) is 11.6 Å². The van der Waals surface area contributed by atoms with Gasteiger partial charge in [0.15, 0.2) is 0 Å². The van der Waals surface area contributed by atoms with Crippen LogP contribution >= 0.6 is 23.4 Å². The van der Waals surface area contributed by atoms with Crippen molar-refractivity contribution in [2.45, 2.75) is 13.0 Å². The maximum atomic E-state index is 11.3. The van der Waals surface area contributed by atoms with Crippen molar-refractivity contribution in [2.75, 3.05) is 24.0 Å². The van der Waals surface area contributed by atoms with Crippen LogP contribution in [0, 0.1) is 10.1 Å². The predicted octanol–water partition coefficient (Wildman–Crippen LogP) is 3.13. The number of nitro groups is 1. The van der Waals surface area contributed by atoms with Crippen LogP contribution in [0.3, 0.4) is 0 Å². The molecule has 1 atom stereocenters. The van der Waals surface area contributed by atoms with Crippen LogP contribution in [0.25, 0.3) is 0 Å². The number of carbonyl (C=O) groups is 1. The maximum absolute atomic E-state index is 11.3. The minimum atomic E-state index is -1.24. The molecule has 1 N–H and O–H groups in total. The normalized spacial score (nSPS) is 12.0. The van der Waals surface area contributed by atoms with Crippen molar-refractivity contribution >= 4 is 40.7 Å². The Morgan fingerprint density at radius 1 is 1.60 bits per heavy atom. The smallest absolute Gasteiger partial charge is 0.338 e. The highest BCUT2D eigenvalue weighted by Gasteiger charge is 2.24. The molecule has 0 saturated carbocycles. The molecular formula is C12H15ClN2O4S. The van der Waals surface area contributed by atoms with Crippen molar-refractivity contribution in [3.63, 3.8) is 0 Å². The molecule has 0 aromatic heterocycles. The number of benzene rings is 1. The number of aromatic carboxylic acids is 1. The van der Waals surface area contributed by atoms with Crippen molar-refractivity contribution in [3.05, 3.63) is 32.8 Å². The van der Waals surface area contributed by atoms with Crippen molar-refractivity contribution in [1.82, 2.24) is 0 Å². The molecule has 6 nitrogen and oxygen atoms in total. The van der Waals surface area contributed by atoms with Crippen LogP contribution in [0.5, 0.6) is 0 Å². The molecule has 110 valence electrons. The van der Waals surface area contributed by atoms with Gasteiger partial charge >= 0.3 is 5.97 Å². The topological polar surface area (TPSA) is 83.7 Å². The summed E-state index contributed by atoms with van der Waals surface area (Å²) in [5, 5.41) is 20.1. The summed E-state index contributed by atoms with van der Waals surface area (Å²) in [5.41, 5.74) is -0.201. The number of carboxylic acids is 1. The summed E-state index contributed by atoms with van der Waals surface area (Å²) in [6, 6.07) is 2.25. The Labute approximate surface area is 125 Å². The first-order valence-electron chi connectivity index (χ1n) is 5.72. The summed E-state index contributed by atoms with van der Waals surface area (Å²) in [4.78, 5) is 23.2. The van der Waals surface area contributed by atoms with Gasteiger partial charge in [0, 0.05) is 31.0 Å². The third-order valence-electron chi connectivity index (χ3n) is 2.91. The number of hydrogen-bond acceptors (Lipinski definition) is 5. The fraction of sp³-hybridized carbons (Fsp3) is 0.417. The quantitative estimate of drug-likeness (QED) is 0.641. The Hall–Kier alpha value is -1.47. The summed E-state index contributed by atoms with van der Waals surface area (Å²) in [6.07, 6.45) is 1.94. The molecule has 0 heterocycles.